The summed E-state index contributed by atoms with van der Waals surface area (Å²) in [5.74, 6) is 0. The minimum absolute atomic E-state index is 0.146. The Morgan fingerprint density at radius 3 is 2.59 bits per heavy atom. The van der Waals surface area contributed by atoms with Crippen LogP contribution in [0, 0.1) is 0 Å². The molecule has 0 unspecified atom stereocenters. The van der Waals surface area contributed by atoms with Gasteiger partial charge >= 0.3 is 0 Å². The lowest BCUT2D eigenvalue weighted by Crippen LogP contribution is -2.38. The third-order valence-corrected chi connectivity index (χ3v) is 3.64. The van der Waals surface area contributed by atoms with Gasteiger partial charge in [0, 0.05) is 19.1 Å². The van der Waals surface area contributed by atoms with Crippen molar-refractivity contribution in [2.45, 2.75) is 44.2 Å². The molecule has 0 aromatic carbocycles. The highest BCUT2D eigenvalue weighted by molar-refractivity contribution is 4.81. The molecule has 2 fully saturated rings. The molecule has 0 amide bonds. The van der Waals surface area contributed by atoms with E-state index < -0.39 is 0 Å². The Labute approximate surface area is 104 Å². The fraction of sp³-hybridized carbons (Fsp3) is 1.00. The highest BCUT2D eigenvalue weighted by Gasteiger charge is 2.21. The molecule has 4 nitrogen and oxygen atoms in total. The Hall–Kier alpha value is -0.160. The van der Waals surface area contributed by atoms with E-state index in [9.17, 15) is 0 Å². The molecule has 1 aliphatic heterocycles. The molecular weight excluding hydrogens is 216 g/mol. The van der Waals surface area contributed by atoms with Crippen LogP contribution in [0.3, 0.4) is 0 Å². The fourth-order valence-electron chi connectivity index (χ4n) is 2.42. The molecule has 0 radical (unpaired) electrons. The predicted molar refractivity (Wildman–Crippen MR) is 68.1 cm³/mol. The number of nitrogens with one attached hydrogen (secondary N) is 1. The van der Waals surface area contributed by atoms with E-state index in [0.29, 0.717) is 12.7 Å². The van der Waals surface area contributed by atoms with E-state index in [1.807, 2.05) is 0 Å². The first kappa shape index (κ1) is 13.3. The molecule has 1 aliphatic carbocycles. The van der Waals surface area contributed by atoms with Crippen LogP contribution in [0.1, 0.15) is 32.1 Å². The van der Waals surface area contributed by atoms with Gasteiger partial charge in [-0.3, -0.25) is 0 Å². The highest BCUT2D eigenvalue weighted by atomic mass is 16.5. The van der Waals surface area contributed by atoms with Crippen molar-refractivity contribution in [2.75, 3.05) is 39.4 Å². The maximum absolute atomic E-state index is 8.70. The van der Waals surface area contributed by atoms with Crippen LogP contribution >= 0.6 is 0 Å². The van der Waals surface area contributed by atoms with Crippen molar-refractivity contribution in [3.05, 3.63) is 0 Å². The van der Waals surface area contributed by atoms with Crippen molar-refractivity contribution in [1.82, 2.24) is 10.2 Å². The normalized spacial score (nSPS) is 23.1. The van der Waals surface area contributed by atoms with Gasteiger partial charge in [-0.25, -0.2) is 0 Å². The Morgan fingerprint density at radius 1 is 1.18 bits per heavy atom. The van der Waals surface area contributed by atoms with Gasteiger partial charge in [0.05, 0.1) is 19.3 Å². The molecule has 0 atom stereocenters. The molecule has 0 spiro atoms. The fourth-order valence-corrected chi connectivity index (χ4v) is 2.42. The number of ether oxygens (including phenoxy) is 1. The average Bonchev–Trinajstić information content (AvgIpc) is 3.18. The van der Waals surface area contributed by atoms with Crippen molar-refractivity contribution in [2.24, 2.45) is 0 Å². The molecule has 17 heavy (non-hydrogen) atoms. The highest BCUT2D eigenvalue weighted by Crippen LogP contribution is 2.18. The number of rotatable bonds is 8. The van der Waals surface area contributed by atoms with Crippen LogP contribution in [-0.4, -0.2) is 61.5 Å². The minimum Gasteiger partial charge on any atom is -0.394 e. The molecule has 0 bridgehead atoms. The largest absolute Gasteiger partial charge is 0.394 e. The van der Waals surface area contributed by atoms with Gasteiger partial charge in [0.1, 0.15) is 0 Å². The molecule has 1 saturated heterocycles. The second-order valence-electron chi connectivity index (χ2n) is 5.22. The molecule has 2 rings (SSSR count). The molecule has 100 valence electrons. The smallest absolute Gasteiger partial charge is 0.0701 e. The van der Waals surface area contributed by atoms with E-state index in [0.717, 1.165) is 32.0 Å². The zero-order valence-corrected chi connectivity index (χ0v) is 10.7. The number of piperidine rings is 1. The number of aliphatic hydroxyl groups is 1. The molecule has 1 saturated carbocycles. The first-order valence-electron chi connectivity index (χ1n) is 7.06. The lowest BCUT2D eigenvalue weighted by molar-refractivity contribution is -0.00777. The Balaban J connectivity index is 1.46. The van der Waals surface area contributed by atoms with Gasteiger partial charge in [0.25, 0.3) is 0 Å². The van der Waals surface area contributed by atoms with E-state index in [-0.39, 0.29) is 6.61 Å². The van der Waals surface area contributed by atoms with Gasteiger partial charge in [0.15, 0.2) is 0 Å². The summed E-state index contributed by atoms with van der Waals surface area (Å²) in [6.07, 6.45) is 6.65. The summed E-state index contributed by atoms with van der Waals surface area (Å²) in [4.78, 5) is 2.54. The standard InChI is InChI=1S/C13H26N2O2/c16-10-11-17-13-4-8-15(9-5-13)7-1-6-14-12-2-3-12/h12-14,16H,1-11H2. The summed E-state index contributed by atoms with van der Waals surface area (Å²) < 4.78 is 5.56. The van der Waals surface area contributed by atoms with Crippen LogP contribution in [0.2, 0.25) is 0 Å². The Bertz CT molecular complexity index is 202. The number of hydrogen-bond donors (Lipinski definition) is 2. The molecule has 0 aromatic rings. The van der Waals surface area contributed by atoms with Crippen LogP contribution in [0.25, 0.3) is 0 Å². The summed E-state index contributed by atoms with van der Waals surface area (Å²) in [7, 11) is 0. The van der Waals surface area contributed by atoms with Crippen molar-refractivity contribution in [3.63, 3.8) is 0 Å². The SMILES string of the molecule is OCCOC1CCN(CCCNC2CC2)CC1. The zero-order valence-electron chi connectivity index (χ0n) is 10.7. The number of aliphatic hydroxyl groups excluding tert-OH is 1. The Morgan fingerprint density at radius 2 is 1.94 bits per heavy atom. The molecular formula is C13H26N2O2. The van der Waals surface area contributed by atoms with E-state index in [4.69, 9.17) is 9.84 Å². The summed E-state index contributed by atoms with van der Waals surface area (Å²) >= 11 is 0. The molecule has 2 aliphatic rings. The van der Waals surface area contributed by atoms with E-state index in [2.05, 4.69) is 10.2 Å². The quantitative estimate of drug-likeness (QED) is 0.612. The van der Waals surface area contributed by atoms with Gasteiger partial charge in [-0.05, 0) is 45.2 Å². The van der Waals surface area contributed by atoms with Crippen molar-refractivity contribution >= 4 is 0 Å². The van der Waals surface area contributed by atoms with Crippen LogP contribution in [0.5, 0.6) is 0 Å². The summed E-state index contributed by atoms with van der Waals surface area (Å²) in [5.41, 5.74) is 0. The topological polar surface area (TPSA) is 44.7 Å². The van der Waals surface area contributed by atoms with Crippen molar-refractivity contribution in [1.29, 1.82) is 0 Å². The van der Waals surface area contributed by atoms with E-state index >= 15 is 0 Å². The average molecular weight is 242 g/mol. The number of nitrogens with zero attached hydrogens (tertiary/aromatic N) is 1. The van der Waals surface area contributed by atoms with E-state index in [1.54, 1.807) is 0 Å². The van der Waals surface area contributed by atoms with Gasteiger partial charge in [-0.15, -0.1) is 0 Å². The second kappa shape index (κ2) is 7.31. The molecule has 2 N–H and O–H groups in total. The van der Waals surface area contributed by atoms with E-state index in [1.165, 1.54) is 32.4 Å². The Kier molecular flexibility index (Phi) is 5.71. The first-order chi connectivity index (χ1) is 8.38. The molecule has 0 aromatic heterocycles. The minimum atomic E-state index is 0.146. The van der Waals surface area contributed by atoms with Crippen LogP contribution in [0.15, 0.2) is 0 Å². The maximum atomic E-state index is 8.70. The zero-order chi connectivity index (χ0) is 11.9. The maximum Gasteiger partial charge on any atom is 0.0701 e. The van der Waals surface area contributed by atoms with Gasteiger partial charge in [0.2, 0.25) is 0 Å². The summed E-state index contributed by atoms with van der Waals surface area (Å²) in [6, 6.07) is 0.840. The van der Waals surface area contributed by atoms with Gasteiger partial charge < -0.3 is 20.1 Å². The summed E-state index contributed by atoms with van der Waals surface area (Å²) in [5, 5.41) is 12.3. The third kappa shape index (κ3) is 5.34. The lowest BCUT2D eigenvalue weighted by atomic mass is 10.1. The third-order valence-electron chi connectivity index (χ3n) is 3.64. The first-order valence-corrected chi connectivity index (χ1v) is 7.06. The van der Waals surface area contributed by atoms with Crippen LogP contribution in [0.4, 0.5) is 0 Å². The van der Waals surface area contributed by atoms with Gasteiger partial charge in [-0.2, -0.15) is 0 Å². The van der Waals surface area contributed by atoms with Crippen molar-refractivity contribution < 1.29 is 9.84 Å². The lowest BCUT2D eigenvalue weighted by Gasteiger charge is -2.31. The number of hydrogen-bond acceptors (Lipinski definition) is 4. The predicted octanol–water partition coefficient (Wildman–Crippen LogP) is 0.602. The molecule has 4 heteroatoms. The number of likely N-dealkylation sites (tertiary alicyclic amines) is 1. The monoisotopic (exact) mass is 242 g/mol. The second-order valence-corrected chi connectivity index (χ2v) is 5.22. The van der Waals surface area contributed by atoms with Crippen molar-refractivity contribution in [3.8, 4) is 0 Å². The van der Waals surface area contributed by atoms with Crippen LogP contribution < -0.4 is 5.32 Å². The van der Waals surface area contributed by atoms with Crippen LogP contribution in [-0.2, 0) is 4.74 Å². The van der Waals surface area contributed by atoms with Gasteiger partial charge in [-0.1, -0.05) is 0 Å². The molecule has 1 heterocycles. The summed E-state index contributed by atoms with van der Waals surface area (Å²) in [6.45, 7) is 5.33.